The van der Waals surface area contributed by atoms with E-state index in [1.165, 1.54) is 0 Å². The first-order valence-corrected chi connectivity index (χ1v) is 7.19. The van der Waals surface area contributed by atoms with Crippen LogP contribution in [0.3, 0.4) is 0 Å². The molecule has 2 aliphatic heterocycles. The second-order valence-electron chi connectivity index (χ2n) is 6.54. The van der Waals surface area contributed by atoms with E-state index in [1.54, 1.807) is 4.90 Å². The van der Waals surface area contributed by atoms with Gasteiger partial charge in [-0.25, -0.2) is 4.79 Å². The standard InChI is InChI=1S/C14H23NO6/c1-13(2,3)21-12(18)15-6-4-14(5-7-15)19-8-10(9-20-14)11(16)17/h10H,4-9H2,1-3H3,(H,16,17). The fourth-order valence-electron chi connectivity index (χ4n) is 2.38. The normalized spacial score (nSPS) is 23.1. The molecule has 7 heteroatoms. The molecule has 1 spiro atoms. The van der Waals surface area contributed by atoms with Gasteiger partial charge in [0.25, 0.3) is 0 Å². The second kappa shape index (κ2) is 5.81. The number of carboxylic acids is 1. The lowest BCUT2D eigenvalue weighted by Gasteiger charge is -2.44. The van der Waals surface area contributed by atoms with Crippen LogP contribution < -0.4 is 0 Å². The van der Waals surface area contributed by atoms with Crippen LogP contribution in [0.2, 0.25) is 0 Å². The van der Waals surface area contributed by atoms with Gasteiger partial charge in [-0.15, -0.1) is 0 Å². The van der Waals surface area contributed by atoms with Gasteiger partial charge in [-0.2, -0.15) is 0 Å². The number of aliphatic carboxylic acids is 1. The number of piperidine rings is 1. The van der Waals surface area contributed by atoms with E-state index in [9.17, 15) is 9.59 Å². The second-order valence-corrected chi connectivity index (χ2v) is 6.54. The highest BCUT2D eigenvalue weighted by Crippen LogP contribution is 2.32. The van der Waals surface area contributed by atoms with E-state index in [1.807, 2.05) is 20.8 Å². The van der Waals surface area contributed by atoms with Gasteiger partial charge in [-0.05, 0) is 20.8 Å². The predicted octanol–water partition coefficient (Wildman–Crippen LogP) is 1.46. The molecular weight excluding hydrogens is 278 g/mol. The van der Waals surface area contributed by atoms with Gasteiger partial charge in [0.2, 0.25) is 0 Å². The average molecular weight is 301 g/mol. The molecule has 2 fully saturated rings. The van der Waals surface area contributed by atoms with E-state index in [0.29, 0.717) is 25.9 Å². The Morgan fingerprint density at radius 1 is 1.19 bits per heavy atom. The fourth-order valence-corrected chi connectivity index (χ4v) is 2.38. The lowest BCUT2D eigenvalue weighted by Crippen LogP contribution is -2.54. The van der Waals surface area contributed by atoms with E-state index < -0.39 is 23.3 Å². The maximum absolute atomic E-state index is 12.0. The number of rotatable bonds is 1. The molecule has 120 valence electrons. The Balaban J connectivity index is 1.84. The third-order valence-electron chi connectivity index (χ3n) is 3.62. The largest absolute Gasteiger partial charge is 0.481 e. The third-order valence-corrected chi connectivity index (χ3v) is 3.62. The monoisotopic (exact) mass is 301 g/mol. The smallest absolute Gasteiger partial charge is 0.410 e. The van der Waals surface area contributed by atoms with Crippen molar-refractivity contribution >= 4 is 12.1 Å². The van der Waals surface area contributed by atoms with Gasteiger partial charge in [-0.1, -0.05) is 0 Å². The van der Waals surface area contributed by atoms with E-state index >= 15 is 0 Å². The Labute approximate surface area is 124 Å². The Bertz CT molecular complexity index is 398. The van der Waals surface area contributed by atoms with Crippen molar-refractivity contribution in [3.05, 3.63) is 0 Å². The molecule has 1 amide bonds. The number of carboxylic acid groups (broad SMARTS) is 1. The molecule has 0 unspecified atom stereocenters. The highest BCUT2D eigenvalue weighted by atomic mass is 16.7. The van der Waals surface area contributed by atoms with Gasteiger partial charge in [0, 0.05) is 25.9 Å². The van der Waals surface area contributed by atoms with Crippen molar-refractivity contribution in [2.75, 3.05) is 26.3 Å². The van der Waals surface area contributed by atoms with Gasteiger partial charge < -0.3 is 24.2 Å². The van der Waals surface area contributed by atoms with Crippen molar-refractivity contribution in [1.82, 2.24) is 4.90 Å². The van der Waals surface area contributed by atoms with Crippen LogP contribution in [0.4, 0.5) is 4.79 Å². The minimum Gasteiger partial charge on any atom is -0.481 e. The van der Waals surface area contributed by atoms with Crippen LogP contribution in [0.1, 0.15) is 33.6 Å². The first kappa shape index (κ1) is 16.0. The zero-order valence-electron chi connectivity index (χ0n) is 12.8. The van der Waals surface area contributed by atoms with E-state index in [4.69, 9.17) is 19.3 Å². The minimum absolute atomic E-state index is 0.155. The third kappa shape index (κ3) is 4.07. The van der Waals surface area contributed by atoms with Gasteiger partial charge in [-0.3, -0.25) is 4.79 Å². The molecule has 0 aromatic rings. The summed E-state index contributed by atoms with van der Waals surface area (Å²) in [6.45, 7) is 6.75. The quantitative estimate of drug-likeness (QED) is 0.789. The predicted molar refractivity (Wildman–Crippen MR) is 72.8 cm³/mol. The van der Waals surface area contributed by atoms with Crippen LogP contribution in [0.25, 0.3) is 0 Å². The average Bonchev–Trinajstić information content (AvgIpc) is 2.38. The molecule has 0 aromatic heterocycles. The number of carbonyl (C=O) groups excluding carboxylic acids is 1. The number of hydrogen-bond donors (Lipinski definition) is 1. The maximum Gasteiger partial charge on any atom is 0.410 e. The molecule has 2 saturated heterocycles. The number of likely N-dealkylation sites (tertiary alicyclic amines) is 1. The number of carbonyl (C=O) groups is 2. The molecule has 0 atom stereocenters. The van der Waals surface area contributed by atoms with Gasteiger partial charge in [0.1, 0.15) is 11.5 Å². The molecule has 0 aliphatic carbocycles. The summed E-state index contributed by atoms with van der Waals surface area (Å²) in [6.07, 6.45) is 0.716. The first-order valence-electron chi connectivity index (χ1n) is 7.19. The molecule has 0 radical (unpaired) electrons. The zero-order valence-corrected chi connectivity index (χ0v) is 12.8. The molecule has 0 aromatic carbocycles. The van der Waals surface area contributed by atoms with E-state index in [-0.39, 0.29) is 19.3 Å². The molecule has 7 nitrogen and oxygen atoms in total. The molecule has 21 heavy (non-hydrogen) atoms. The molecule has 2 aliphatic rings. The molecular formula is C14H23NO6. The first-order chi connectivity index (χ1) is 9.71. The molecule has 0 saturated carbocycles. The Morgan fingerprint density at radius 3 is 2.14 bits per heavy atom. The topological polar surface area (TPSA) is 85.3 Å². The number of hydrogen-bond acceptors (Lipinski definition) is 5. The Hall–Kier alpha value is -1.34. The van der Waals surface area contributed by atoms with Crippen molar-refractivity contribution in [2.45, 2.75) is 45.0 Å². The number of amides is 1. The summed E-state index contributed by atoms with van der Waals surface area (Å²) in [6, 6.07) is 0. The SMILES string of the molecule is CC(C)(C)OC(=O)N1CCC2(CC1)OCC(C(=O)O)CO2. The lowest BCUT2D eigenvalue weighted by atomic mass is 10.0. The van der Waals surface area contributed by atoms with Crippen LogP contribution in [-0.4, -0.2) is 59.8 Å². The summed E-state index contributed by atoms with van der Waals surface area (Å²) in [4.78, 5) is 24.5. The van der Waals surface area contributed by atoms with Crippen LogP contribution in [-0.2, 0) is 19.0 Å². The summed E-state index contributed by atoms with van der Waals surface area (Å²) in [5.74, 6) is -2.26. The Morgan fingerprint density at radius 2 is 1.71 bits per heavy atom. The van der Waals surface area contributed by atoms with Crippen LogP contribution >= 0.6 is 0 Å². The van der Waals surface area contributed by atoms with Gasteiger partial charge in [0.15, 0.2) is 5.79 Å². The van der Waals surface area contributed by atoms with Crippen molar-refractivity contribution in [2.24, 2.45) is 5.92 Å². The maximum atomic E-state index is 12.0. The Kier molecular flexibility index (Phi) is 4.43. The highest BCUT2D eigenvalue weighted by Gasteiger charge is 2.43. The molecule has 0 bridgehead atoms. The number of nitrogens with zero attached hydrogens (tertiary/aromatic N) is 1. The summed E-state index contributed by atoms with van der Waals surface area (Å²) in [5.41, 5.74) is -0.515. The molecule has 2 rings (SSSR count). The van der Waals surface area contributed by atoms with E-state index in [2.05, 4.69) is 0 Å². The van der Waals surface area contributed by atoms with Crippen LogP contribution in [0.5, 0.6) is 0 Å². The van der Waals surface area contributed by atoms with Crippen molar-refractivity contribution < 1.29 is 28.9 Å². The van der Waals surface area contributed by atoms with Crippen LogP contribution in [0.15, 0.2) is 0 Å². The summed E-state index contributed by atoms with van der Waals surface area (Å²) < 4.78 is 16.6. The number of ether oxygens (including phenoxy) is 3. The fraction of sp³-hybridized carbons (Fsp3) is 0.857. The lowest BCUT2D eigenvalue weighted by molar-refractivity contribution is -0.295. The highest BCUT2D eigenvalue weighted by molar-refractivity contribution is 5.70. The van der Waals surface area contributed by atoms with Crippen molar-refractivity contribution in [3.8, 4) is 0 Å². The van der Waals surface area contributed by atoms with Gasteiger partial charge in [0.05, 0.1) is 13.2 Å². The molecule has 2 heterocycles. The summed E-state index contributed by atoms with van der Waals surface area (Å²) >= 11 is 0. The van der Waals surface area contributed by atoms with E-state index in [0.717, 1.165) is 0 Å². The van der Waals surface area contributed by atoms with Crippen molar-refractivity contribution in [1.29, 1.82) is 0 Å². The van der Waals surface area contributed by atoms with Crippen molar-refractivity contribution in [3.63, 3.8) is 0 Å². The summed E-state index contributed by atoms with van der Waals surface area (Å²) in [7, 11) is 0. The van der Waals surface area contributed by atoms with Crippen LogP contribution in [0, 0.1) is 5.92 Å². The summed E-state index contributed by atoms with van der Waals surface area (Å²) in [5, 5.41) is 8.92. The van der Waals surface area contributed by atoms with Gasteiger partial charge >= 0.3 is 12.1 Å². The zero-order chi connectivity index (χ0) is 15.7. The molecule has 1 N–H and O–H groups in total. The minimum atomic E-state index is -0.906.